The third-order valence-electron chi connectivity index (χ3n) is 3.43. The van der Waals surface area contributed by atoms with E-state index in [9.17, 15) is 9.18 Å². The van der Waals surface area contributed by atoms with Crippen molar-refractivity contribution in [3.8, 4) is 5.75 Å². The lowest BCUT2D eigenvalue weighted by Crippen LogP contribution is -2.48. The van der Waals surface area contributed by atoms with Crippen molar-refractivity contribution in [1.29, 1.82) is 0 Å². The molecule has 21 heavy (non-hydrogen) atoms. The van der Waals surface area contributed by atoms with E-state index >= 15 is 0 Å². The van der Waals surface area contributed by atoms with E-state index in [-0.39, 0.29) is 30.7 Å². The fourth-order valence-electron chi connectivity index (χ4n) is 2.26. The van der Waals surface area contributed by atoms with Gasteiger partial charge in [-0.05, 0) is 54.0 Å². The Bertz CT molecular complexity index is 490. The molecule has 0 aromatic heterocycles. The second-order valence-corrected chi connectivity index (χ2v) is 5.69. The van der Waals surface area contributed by atoms with Crippen LogP contribution in [0, 0.1) is 5.82 Å². The van der Waals surface area contributed by atoms with Crippen LogP contribution in [-0.2, 0) is 4.79 Å². The standard InChI is InChI=1S/C14H18BrFN2O2.ClH/c1-17-11-3-2-6-18(8-11)14(19)9-20-13-5-4-10(16)7-12(13)15;/h4-5,7,11,17H,2-3,6,8-9H2,1H3;1H. The third-order valence-corrected chi connectivity index (χ3v) is 4.05. The summed E-state index contributed by atoms with van der Waals surface area (Å²) in [5.74, 6) is 0.0894. The Morgan fingerprint density at radius 1 is 1.57 bits per heavy atom. The summed E-state index contributed by atoms with van der Waals surface area (Å²) in [5, 5.41) is 3.19. The normalized spacial score (nSPS) is 18.0. The van der Waals surface area contributed by atoms with E-state index in [1.807, 2.05) is 11.9 Å². The van der Waals surface area contributed by atoms with Crippen molar-refractivity contribution >= 4 is 34.2 Å². The van der Waals surface area contributed by atoms with Gasteiger partial charge in [-0.3, -0.25) is 4.79 Å². The smallest absolute Gasteiger partial charge is 0.260 e. The Labute approximate surface area is 138 Å². The molecule has 1 saturated heterocycles. The molecule has 2 rings (SSSR count). The first-order chi connectivity index (χ1) is 9.60. The zero-order valence-corrected chi connectivity index (χ0v) is 14.2. The highest BCUT2D eigenvalue weighted by molar-refractivity contribution is 9.10. The molecular weight excluding hydrogens is 363 g/mol. The van der Waals surface area contributed by atoms with Gasteiger partial charge >= 0.3 is 0 Å². The number of amides is 1. The van der Waals surface area contributed by atoms with Crippen LogP contribution in [-0.4, -0.2) is 43.6 Å². The van der Waals surface area contributed by atoms with E-state index in [4.69, 9.17) is 4.74 Å². The SMILES string of the molecule is CNC1CCCN(C(=O)COc2ccc(F)cc2Br)C1.Cl. The number of ether oxygens (including phenoxy) is 1. The maximum absolute atomic E-state index is 13.0. The van der Waals surface area contributed by atoms with E-state index in [2.05, 4.69) is 21.2 Å². The van der Waals surface area contributed by atoms with E-state index in [1.54, 1.807) is 0 Å². The summed E-state index contributed by atoms with van der Waals surface area (Å²) in [7, 11) is 1.91. The second-order valence-electron chi connectivity index (χ2n) is 4.83. The first-order valence-corrected chi connectivity index (χ1v) is 7.42. The highest BCUT2D eigenvalue weighted by Gasteiger charge is 2.22. The van der Waals surface area contributed by atoms with Gasteiger partial charge in [-0.2, -0.15) is 0 Å². The molecule has 4 nitrogen and oxygen atoms in total. The molecule has 1 fully saturated rings. The van der Waals surface area contributed by atoms with Gasteiger partial charge in [-0.25, -0.2) is 4.39 Å². The van der Waals surface area contributed by atoms with Crippen LogP contribution in [0.1, 0.15) is 12.8 Å². The van der Waals surface area contributed by atoms with Gasteiger partial charge in [0.1, 0.15) is 11.6 Å². The summed E-state index contributed by atoms with van der Waals surface area (Å²) >= 11 is 3.21. The average Bonchev–Trinajstić information content (AvgIpc) is 2.46. The van der Waals surface area contributed by atoms with Crippen LogP contribution >= 0.6 is 28.3 Å². The highest BCUT2D eigenvalue weighted by atomic mass is 79.9. The molecule has 0 radical (unpaired) electrons. The molecule has 0 bridgehead atoms. The average molecular weight is 382 g/mol. The number of rotatable bonds is 4. The largest absolute Gasteiger partial charge is 0.483 e. The quantitative estimate of drug-likeness (QED) is 0.872. The van der Waals surface area contributed by atoms with Crippen LogP contribution in [0.5, 0.6) is 5.75 Å². The van der Waals surface area contributed by atoms with Crippen molar-refractivity contribution in [2.75, 3.05) is 26.7 Å². The van der Waals surface area contributed by atoms with Crippen molar-refractivity contribution in [1.82, 2.24) is 10.2 Å². The van der Waals surface area contributed by atoms with Gasteiger partial charge in [0, 0.05) is 19.1 Å². The van der Waals surface area contributed by atoms with Gasteiger partial charge in [0.25, 0.3) is 5.91 Å². The maximum atomic E-state index is 13.0. The number of carbonyl (C=O) groups is 1. The number of halogens is 3. The fourth-order valence-corrected chi connectivity index (χ4v) is 2.73. The predicted molar refractivity (Wildman–Crippen MR) is 85.5 cm³/mol. The van der Waals surface area contributed by atoms with E-state index < -0.39 is 0 Å². The molecular formula is C14H19BrClFN2O2. The second kappa shape index (κ2) is 8.56. The lowest BCUT2D eigenvalue weighted by molar-refractivity contribution is -0.134. The summed E-state index contributed by atoms with van der Waals surface area (Å²) in [5.41, 5.74) is 0. The van der Waals surface area contributed by atoms with Crippen molar-refractivity contribution < 1.29 is 13.9 Å². The Kier molecular flexibility index (Phi) is 7.42. The van der Waals surface area contributed by atoms with Gasteiger partial charge in [-0.15, -0.1) is 12.4 Å². The van der Waals surface area contributed by atoms with Crippen molar-refractivity contribution in [3.63, 3.8) is 0 Å². The topological polar surface area (TPSA) is 41.6 Å². The minimum Gasteiger partial charge on any atom is -0.483 e. The molecule has 7 heteroatoms. The first-order valence-electron chi connectivity index (χ1n) is 6.63. The van der Waals surface area contributed by atoms with Crippen molar-refractivity contribution in [2.45, 2.75) is 18.9 Å². The molecule has 1 aromatic carbocycles. The predicted octanol–water partition coefficient (Wildman–Crippen LogP) is 2.60. The van der Waals surface area contributed by atoms with E-state index in [0.29, 0.717) is 22.8 Å². The zero-order valence-electron chi connectivity index (χ0n) is 11.8. The zero-order chi connectivity index (χ0) is 14.5. The number of nitrogens with one attached hydrogen (secondary N) is 1. The molecule has 0 saturated carbocycles. The number of carbonyl (C=O) groups excluding carboxylic acids is 1. The number of hydrogen-bond donors (Lipinski definition) is 1. The molecule has 1 N–H and O–H groups in total. The number of piperidine rings is 1. The molecule has 1 aliphatic rings. The number of benzene rings is 1. The lowest BCUT2D eigenvalue weighted by Gasteiger charge is -2.32. The summed E-state index contributed by atoms with van der Waals surface area (Å²) in [6.45, 7) is 1.45. The molecule has 1 aromatic rings. The summed E-state index contributed by atoms with van der Waals surface area (Å²) in [6.07, 6.45) is 2.09. The molecule has 118 valence electrons. The Hall–Kier alpha value is -0.850. The molecule has 1 aliphatic heterocycles. The molecule has 0 spiro atoms. The van der Waals surface area contributed by atoms with Crippen LogP contribution in [0.4, 0.5) is 4.39 Å². The number of hydrogen-bond acceptors (Lipinski definition) is 3. The van der Waals surface area contributed by atoms with Gasteiger partial charge in [0.05, 0.1) is 4.47 Å². The molecule has 1 unspecified atom stereocenters. The van der Waals surface area contributed by atoms with Gasteiger partial charge in [0.2, 0.25) is 0 Å². The third kappa shape index (κ3) is 5.13. The van der Waals surface area contributed by atoms with Crippen molar-refractivity contribution in [2.24, 2.45) is 0 Å². The van der Waals surface area contributed by atoms with E-state index in [1.165, 1.54) is 18.2 Å². The summed E-state index contributed by atoms with van der Waals surface area (Å²) < 4.78 is 18.9. The maximum Gasteiger partial charge on any atom is 0.260 e. The van der Waals surface area contributed by atoms with Crippen LogP contribution < -0.4 is 10.1 Å². The fraction of sp³-hybridized carbons (Fsp3) is 0.500. The number of likely N-dealkylation sites (N-methyl/N-ethyl adjacent to an activating group) is 1. The molecule has 1 atom stereocenters. The minimum absolute atomic E-state index is 0. The molecule has 1 amide bonds. The Morgan fingerprint density at radius 3 is 3.00 bits per heavy atom. The summed E-state index contributed by atoms with van der Waals surface area (Å²) in [4.78, 5) is 13.9. The monoisotopic (exact) mass is 380 g/mol. The summed E-state index contributed by atoms with van der Waals surface area (Å²) in [6, 6.07) is 4.49. The minimum atomic E-state index is -0.344. The highest BCUT2D eigenvalue weighted by Crippen LogP contribution is 2.25. The van der Waals surface area contributed by atoms with Gasteiger partial charge in [-0.1, -0.05) is 0 Å². The van der Waals surface area contributed by atoms with Crippen molar-refractivity contribution in [3.05, 3.63) is 28.5 Å². The first kappa shape index (κ1) is 18.2. The van der Waals surface area contributed by atoms with Crippen LogP contribution in [0.25, 0.3) is 0 Å². The number of nitrogens with zero attached hydrogens (tertiary/aromatic N) is 1. The van der Waals surface area contributed by atoms with Crippen LogP contribution in [0.15, 0.2) is 22.7 Å². The molecule has 1 heterocycles. The van der Waals surface area contributed by atoms with Gasteiger partial charge < -0.3 is 15.0 Å². The molecule has 0 aliphatic carbocycles. The Morgan fingerprint density at radius 2 is 2.33 bits per heavy atom. The van der Waals surface area contributed by atoms with Crippen LogP contribution in [0.2, 0.25) is 0 Å². The Balaban J connectivity index is 0.00000220. The van der Waals surface area contributed by atoms with Gasteiger partial charge in [0.15, 0.2) is 6.61 Å². The lowest BCUT2D eigenvalue weighted by atomic mass is 10.1. The van der Waals surface area contributed by atoms with E-state index in [0.717, 1.165) is 19.4 Å². The van der Waals surface area contributed by atoms with Crippen LogP contribution in [0.3, 0.4) is 0 Å². The number of likely N-dealkylation sites (tertiary alicyclic amines) is 1.